The van der Waals surface area contributed by atoms with Gasteiger partial charge in [0, 0.05) is 18.2 Å². The highest BCUT2D eigenvalue weighted by Gasteiger charge is 2.22. The minimum Gasteiger partial charge on any atom is -0.494 e. The van der Waals surface area contributed by atoms with Gasteiger partial charge in [-0.1, -0.05) is 19.3 Å². The van der Waals surface area contributed by atoms with Crippen LogP contribution in [0.1, 0.15) is 44.6 Å². The lowest BCUT2D eigenvalue weighted by Gasteiger charge is -2.22. The zero-order valence-electron chi connectivity index (χ0n) is 12.5. The first-order valence-corrected chi connectivity index (χ1v) is 9.03. The second kappa shape index (κ2) is 7.24. The molecule has 2 rings (SSSR count). The van der Waals surface area contributed by atoms with Crippen molar-refractivity contribution in [3.63, 3.8) is 0 Å². The fourth-order valence-electron chi connectivity index (χ4n) is 2.69. The minimum absolute atomic E-state index is 0.0524. The van der Waals surface area contributed by atoms with Crippen LogP contribution in [0.2, 0.25) is 0 Å². The van der Waals surface area contributed by atoms with E-state index in [4.69, 9.17) is 10.5 Å². The van der Waals surface area contributed by atoms with Gasteiger partial charge in [-0.15, -0.1) is 0 Å². The summed E-state index contributed by atoms with van der Waals surface area (Å²) < 4.78 is 33.1. The SMILES string of the molecule is CCOc1ccc(S(=O)(=O)NC2CCCCC2)cc1CN. The molecular weight excluding hydrogens is 288 g/mol. The van der Waals surface area contributed by atoms with Crippen LogP contribution in [0, 0.1) is 0 Å². The standard InChI is InChI=1S/C15H24N2O3S/c1-2-20-15-9-8-14(10-12(15)11-16)21(18,19)17-13-6-4-3-5-7-13/h8-10,13,17H,2-7,11,16H2,1H3. The van der Waals surface area contributed by atoms with E-state index in [0.717, 1.165) is 25.7 Å². The Bertz CT molecular complexity index is 566. The predicted molar refractivity (Wildman–Crippen MR) is 82.7 cm³/mol. The monoisotopic (exact) mass is 312 g/mol. The maximum atomic E-state index is 12.4. The molecule has 0 unspecified atom stereocenters. The third-order valence-corrected chi connectivity index (χ3v) is 5.31. The average molecular weight is 312 g/mol. The van der Waals surface area contributed by atoms with Crippen molar-refractivity contribution in [1.29, 1.82) is 0 Å². The van der Waals surface area contributed by atoms with Crippen LogP contribution < -0.4 is 15.2 Å². The van der Waals surface area contributed by atoms with Crippen molar-refractivity contribution >= 4 is 10.0 Å². The molecule has 0 heterocycles. The van der Waals surface area contributed by atoms with Gasteiger partial charge < -0.3 is 10.5 Å². The second-order valence-corrected chi connectivity index (χ2v) is 7.08. The zero-order valence-corrected chi connectivity index (χ0v) is 13.3. The van der Waals surface area contributed by atoms with Gasteiger partial charge in [-0.3, -0.25) is 0 Å². The zero-order chi connectivity index (χ0) is 15.3. The van der Waals surface area contributed by atoms with Crippen LogP contribution >= 0.6 is 0 Å². The van der Waals surface area contributed by atoms with E-state index in [1.54, 1.807) is 18.2 Å². The summed E-state index contributed by atoms with van der Waals surface area (Å²) in [4.78, 5) is 0.261. The van der Waals surface area contributed by atoms with Crippen LogP contribution in [0.5, 0.6) is 5.75 Å². The molecule has 1 saturated carbocycles. The molecule has 1 aromatic carbocycles. The minimum atomic E-state index is -3.49. The molecular formula is C15H24N2O3S. The number of rotatable bonds is 6. The molecule has 1 fully saturated rings. The van der Waals surface area contributed by atoms with Gasteiger partial charge in [0.15, 0.2) is 0 Å². The Morgan fingerprint density at radius 3 is 2.62 bits per heavy atom. The lowest BCUT2D eigenvalue weighted by Crippen LogP contribution is -2.36. The van der Waals surface area contributed by atoms with Crippen LogP contribution in [0.3, 0.4) is 0 Å². The summed E-state index contributed by atoms with van der Waals surface area (Å²) in [5.41, 5.74) is 6.39. The van der Waals surface area contributed by atoms with E-state index in [0.29, 0.717) is 17.9 Å². The van der Waals surface area contributed by atoms with Gasteiger partial charge in [0.2, 0.25) is 10.0 Å². The van der Waals surface area contributed by atoms with Crippen LogP contribution in [0.15, 0.2) is 23.1 Å². The van der Waals surface area contributed by atoms with Gasteiger partial charge in [-0.2, -0.15) is 0 Å². The Balaban J connectivity index is 2.18. The van der Waals surface area contributed by atoms with E-state index in [-0.39, 0.29) is 17.5 Å². The third kappa shape index (κ3) is 4.18. The number of nitrogens with two attached hydrogens (primary N) is 1. The number of hydrogen-bond acceptors (Lipinski definition) is 4. The van der Waals surface area contributed by atoms with Crippen molar-refractivity contribution in [2.24, 2.45) is 5.73 Å². The number of ether oxygens (including phenoxy) is 1. The molecule has 0 radical (unpaired) electrons. The molecule has 0 saturated heterocycles. The molecule has 3 N–H and O–H groups in total. The first-order valence-electron chi connectivity index (χ1n) is 7.55. The third-order valence-electron chi connectivity index (χ3n) is 3.79. The number of hydrogen-bond donors (Lipinski definition) is 2. The maximum Gasteiger partial charge on any atom is 0.240 e. The summed E-state index contributed by atoms with van der Waals surface area (Å²) in [5, 5.41) is 0. The van der Waals surface area contributed by atoms with Gasteiger partial charge in [0.25, 0.3) is 0 Å². The lowest BCUT2D eigenvalue weighted by atomic mass is 9.96. The van der Waals surface area contributed by atoms with Gasteiger partial charge in [-0.25, -0.2) is 13.1 Å². The normalized spacial score (nSPS) is 16.9. The number of nitrogens with one attached hydrogen (secondary N) is 1. The van der Waals surface area contributed by atoms with Gasteiger partial charge in [-0.05, 0) is 38.0 Å². The first kappa shape index (κ1) is 16.3. The Labute approximate surface area is 126 Å². The summed E-state index contributed by atoms with van der Waals surface area (Å²) in [6, 6.07) is 4.92. The van der Waals surface area contributed by atoms with Crippen LogP contribution in [-0.2, 0) is 16.6 Å². The Morgan fingerprint density at radius 2 is 2.00 bits per heavy atom. The molecule has 1 aliphatic rings. The fraction of sp³-hybridized carbons (Fsp3) is 0.600. The molecule has 5 nitrogen and oxygen atoms in total. The van der Waals surface area contributed by atoms with Gasteiger partial charge >= 0.3 is 0 Å². The summed E-state index contributed by atoms with van der Waals surface area (Å²) in [6.07, 6.45) is 5.20. The highest BCUT2D eigenvalue weighted by atomic mass is 32.2. The molecule has 0 aliphatic heterocycles. The largest absolute Gasteiger partial charge is 0.494 e. The van der Waals surface area contributed by atoms with E-state index < -0.39 is 10.0 Å². The van der Waals surface area contributed by atoms with Crippen molar-refractivity contribution in [1.82, 2.24) is 4.72 Å². The number of sulfonamides is 1. The molecule has 6 heteroatoms. The van der Waals surface area contributed by atoms with Crippen molar-refractivity contribution < 1.29 is 13.2 Å². The molecule has 1 aliphatic carbocycles. The summed E-state index contributed by atoms with van der Waals surface area (Å²) >= 11 is 0. The molecule has 21 heavy (non-hydrogen) atoms. The molecule has 0 bridgehead atoms. The molecule has 118 valence electrons. The van der Waals surface area contributed by atoms with E-state index in [2.05, 4.69) is 4.72 Å². The topological polar surface area (TPSA) is 81.4 Å². The Morgan fingerprint density at radius 1 is 1.29 bits per heavy atom. The molecule has 1 aromatic rings. The van der Waals surface area contributed by atoms with E-state index >= 15 is 0 Å². The van der Waals surface area contributed by atoms with E-state index in [1.165, 1.54) is 6.42 Å². The molecule has 0 amide bonds. The van der Waals surface area contributed by atoms with Gasteiger partial charge in [0.05, 0.1) is 11.5 Å². The van der Waals surface area contributed by atoms with Gasteiger partial charge in [0.1, 0.15) is 5.75 Å². The van der Waals surface area contributed by atoms with Crippen LogP contribution in [-0.4, -0.2) is 21.1 Å². The average Bonchev–Trinajstić information content (AvgIpc) is 2.48. The van der Waals surface area contributed by atoms with Crippen molar-refractivity contribution in [2.75, 3.05) is 6.61 Å². The first-order chi connectivity index (χ1) is 10.1. The Hall–Kier alpha value is -1.11. The van der Waals surface area contributed by atoms with Crippen LogP contribution in [0.25, 0.3) is 0 Å². The molecule has 0 spiro atoms. The molecule has 0 atom stereocenters. The maximum absolute atomic E-state index is 12.4. The summed E-state index contributed by atoms with van der Waals surface area (Å²) in [7, 11) is -3.49. The second-order valence-electron chi connectivity index (χ2n) is 5.36. The van der Waals surface area contributed by atoms with E-state index in [9.17, 15) is 8.42 Å². The quantitative estimate of drug-likeness (QED) is 0.843. The van der Waals surface area contributed by atoms with E-state index in [1.807, 2.05) is 6.92 Å². The fourth-order valence-corrected chi connectivity index (χ4v) is 4.04. The van der Waals surface area contributed by atoms with Crippen molar-refractivity contribution in [2.45, 2.75) is 56.5 Å². The summed E-state index contributed by atoms with van der Waals surface area (Å²) in [6.45, 7) is 2.66. The lowest BCUT2D eigenvalue weighted by molar-refractivity contribution is 0.336. The van der Waals surface area contributed by atoms with Crippen molar-refractivity contribution in [3.8, 4) is 5.75 Å². The number of benzene rings is 1. The highest BCUT2D eigenvalue weighted by Crippen LogP contribution is 2.24. The van der Waals surface area contributed by atoms with Crippen molar-refractivity contribution in [3.05, 3.63) is 23.8 Å². The summed E-state index contributed by atoms with van der Waals surface area (Å²) in [5.74, 6) is 0.650. The predicted octanol–water partition coefficient (Wildman–Crippen LogP) is 2.16. The van der Waals surface area contributed by atoms with Crippen LogP contribution in [0.4, 0.5) is 0 Å². The Kier molecular flexibility index (Phi) is 5.61. The highest BCUT2D eigenvalue weighted by molar-refractivity contribution is 7.89. The smallest absolute Gasteiger partial charge is 0.240 e. The molecule has 0 aromatic heterocycles.